The summed E-state index contributed by atoms with van der Waals surface area (Å²) in [6, 6.07) is 4.33. The molecule has 2 rings (SSSR count). The average Bonchev–Trinajstić information content (AvgIpc) is 2.26. The topological polar surface area (TPSA) is 15.3 Å². The van der Waals surface area contributed by atoms with E-state index >= 15 is 0 Å². The number of nitrogens with zero attached hydrogens (tertiary/aromatic N) is 1. The number of piperazine rings is 1. The summed E-state index contributed by atoms with van der Waals surface area (Å²) in [7, 11) is 0. The molecule has 1 heterocycles. The van der Waals surface area contributed by atoms with E-state index in [2.05, 4.69) is 17.1 Å². The zero-order valence-corrected chi connectivity index (χ0v) is 10.6. The summed E-state index contributed by atoms with van der Waals surface area (Å²) in [5.41, 5.74) is 0.177. The fourth-order valence-electron chi connectivity index (χ4n) is 2.00. The van der Waals surface area contributed by atoms with Crippen molar-refractivity contribution in [2.24, 2.45) is 0 Å². The van der Waals surface area contributed by atoms with Crippen molar-refractivity contribution in [3.63, 3.8) is 0 Å². The van der Waals surface area contributed by atoms with Crippen molar-refractivity contribution in [3.8, 4) is 0 Å². The van der Waals surface area contributed by atoms with Crippen LogP contribution in [0, 0.1) is 11.6 Å². The predicted octanol–water partition coefficient (Wildman–Crippen LogP) is 2.18. The Balaban J connectivity index is 0.00000144. The molecule has 0 aliphatic carbocycles. The van der Waals surface area contributed by atoms with Gasteiger partial charge < -0.3 is 5.32 Å². The molecule has 0 saturated carbocycles. The lowest BCUT2D eigenvalue weighted by molar-refractivity contribution is 0.161. The van der Waals surface area contributed by atoms with E-state index in [4.69, 9.17) is 0 Å². The summed E-state index contributed by atoms with van der Waals surface area (Å²) in [6.45, 7) is 4.98. The summed E-state index contributed by atoms with van der Waals surface area (Å²) in [4.78, 5) is 2.10. The average molecular weight is 263 g/mol. The first kappa shape index (κ1) is 14.4. The van der Waals surface area contributed by atoms with E-state index in [1.165, 1.54) is 18.2 Å². The molecule has 1 N–H and O–H groups in total. The molecule has 96 valence electrons. The first-order valence-corrected chi connectivity index (χ1v) is 5.56. The lowest BCUT2D eigenvalue weighted by Crippen LogP contribution is -2.49. The van der Waals surface area contributed by atoms with Gasteiger partial charge in [-0.3, -0.25) is 4.90 Å². The number of benzene rings is 1. The van der Waals surface area contributed by atoms with Crippen molar-refractivity contribution in [1.82, 2.24) is 10.2 Å². The van der Waals surface area contributed by atoms with Crippen molar-refractivity contribution in [2.75, 3.05) is 19.6 Å². The van der Waals surface area contributed by atoms with Crippen LogP contribution in [-0.2, 0) is 6.54 Å². The normalized spacial score (nSPS) is 21.0. The summed E-state index contributed by atoms with van der Waals surface area (Å²) in [6.07, 6.45) is 0. The van der Waals surface area contributed by atoms with Crippen molar-refractivity contribution in [1.29, 1.82) is 0 Å². The van der Waals surface area contributed by atoms with Crippen molar-refractivity contribution in [3.05, 3.63) is 35.4 Å². The minimum absolute atomic E-state index is 0. The van der Waals surface area contributed by atoms with Gasteiger partial charge in [0.05, 0.1) is 0 Å². The van der Waals surface area contributed by atoms with E-state index in [1.807, 2.05) is 0 Å². The van der Waals surface area contributed by atoms with Crippen LogP contribution in [0.15, 0.2) is 18.2 Å². The fraction of sp³-hybridized carbons (Fsp3) is 0.500. The van der Waals surface area contributed by atoms with Crippen LogP contribution in [0.4, 0.5) is 8.78 Å². The highest BCUT2D eigenvalue weighted by Gasteiger charge is 2.20. The molecule has 1 atom stereocenters. The Morgan fingerprint density at radius 2 is 2.00 bits per heavy atom. The minimum atomic E-state index is -0.453. The van der Waals surface area contributed by atoms with Gasteiger partial charge in [0.15, 0.2) is 0 Å². The third-order valence-corrected chi connectivity index (χ3v) is 3.06. The van der Waals surface area contributed by atoms with E-state index in [-0.39, 0.29) is 18.0 Å². The van der Waals surface area contributed by atoms with Crippen LogP contribution in [0.5, 0.6) is 0 Å². The Labute approximate surface area is 106 Å². The number of hydrogen-bond donors (Lipinski definition) is 1. The van der Waals surface area contributed by atoms with Crippen molar-refractivity contribution in [2.45, 2.75) is 19.5 Å². The molecule has 5 heteroatoms. The van der Waals surface area contributed by atoms with Gasteiger partial charge in [0.25, 0.3) is 0 Å². The van der Waals surface area contributed by atoms with Crippen LogP contribution in [-0.4, -0.2) is 30.6 Å². The maximum absolute atomic E-state index is 13.5. The molecule has 2 nitrogen and oxygen atoms in total. The van der Waals surface area contributed by atoms with Gasteiger partial charge in [-0.25, -0.2) is 8.78 Å². The number of halogens is 3. The highest BCUT2D eigenvalue weighted by molar-refractivity contribution is 5.85. The molecule has 1 aliphatic heterocycles. The Kier molecular flexibility index (Phi) is 5.31. The van der Waals surface area contributed by atoms with Gasteiger partial charge >= 0.3 is 0 Å². The van der Waals surface area contributed by atoms with E-state index in [1.54, 1.807) is 0 Å². The van der Waals surface area contributed by atoms with Crippen LogP contribution >= 0.6 is 12.4 Å². The molecule has 1 aromatic carbocycles. The lowest BCUT2D eigenvalue weighted by Gasteiger charge is -2.33. The Hall–Kier alpha value is -0.710. The summed E-state index contributed by atoms with van der Waals surface area (Å²) < 4.78 is 26.9. The monoisotopic (exact) mass is 262 g/mol. The second-order valence-electron chi connectivity index (χ2n) is 4.22. The van der Waals surface area contributed by atoms with E-state index in [9.17, 15) is 8.78 Å². The maximum Gasteiger partial charge on any atom is 0.130 e. The van der Waals surface area contributed by atoms with Gasteiger partial charge in [-0.05, 0) is 19.1 Å². The fourth-order valence-corrected chi connectivity index (χ4v) is 2.00. The quantitative estimate of drug-likeness (QED) is 0.879. The molecule has 17 heavy (non-hydrogen) atoms. The van der Waals surface area contributed by atoms with E-state index < -0.39 is 11.6 Å². The van der Waals surface area contributed by atoms with Crippen LogP contribution in [0.2, 0.25) is 0 Å². The Morgan fingerprint density at radius 3 is 2.59 bits per heavy atom. The molecule has 0 unspecified atom stereocenters. The third-order valence-electron chi connectivity index (χ3n) is 3.06. The van der Waals surface area contributed by atoms with Crippen LogP contribution < -0.4 is 5.32 Å². The zero-order chi connectivity index (χ0) is 11.5. The molecule has 1 aliphatic rings. The largest absolute Gasteiger partial charge is 0.314 e. The van der Waals surface area contributed by atoms with E-state index in [0.29, 0.717) is 12.6 Å². The van der Waals surface area contributed by atoms with Crippen molar-refractivity contribution >= 4 is 12.4 Å². The molecular weight excluding hydrogens is 246 g/mol. The molecule has 1 aromatic rings. The highest BCUT2D eigenvalue weighted by atomic mass is 35.5. The first-order valence-electron chi connectivity index (χ1n) is 5.56. The number of rotatable bonds is 2. The molecule has 0 bridgehead atoms. The molecule has 0 radical (unpaired) electrons. The molecular formula is C12H17ClF2N2. The molecule has 1 fully saturated rings. The minimum Gasteiger partial charge on any atom is -0.314 e. The van der Waals surface area contributed by atoms with Crippen LogP contribution in [0.1, 0.15) is 12.5 Å². The summed E-state index contributed by atoms with van der Waals surface area (Å²) in [5.74, 6) is -0.906. The SMILES string of the molecule is C[C@H]1CNCCN1Cc1c(F)cccc1F.Cl. The smallest absolute Gasteiger partial charge is 0.130 e. The van der Waals surface area contributed by atoms with Crippen LogP contribution in [0.25, 0.3) is 0 Å². The van der Waals surface area contributed by atoms with Crippen molar-refractivity contribution < 1.29 is 8.78 Å². The maximum atomic E-state index is 13.5. The standard InChI is InChI=1S/C12H16F2N2.ClH/c1-9-7-15-5-6-16(9)8-10-11(13)3-2-4-12(10)14;/h2-4,9,15H,5-8H2,1H3;1H/t9-;/m0./s1. The summed E-state index contributed by atoms with van der Waals surface area (Å²) >= 11 is 0. The number of hydrogen-bond acceptors (Lipinski definition) is 2. The van der Waals surface area contributed by atoms with Gasteiger partial charge in [-0.2, -0.15) is 0 Å². The van der Waals surface area contributed by atoms with Gasteiger partial charge in [0.2, 0.25) is 0 Å². The Bertz CT molecular complexity index is 353. The van der Waals surface area contributed by atoms with Gasteiger partial charge in [-0.1, -0.05) is 6.07 Å². The molecule has 0 spiro atoms. The Morgan fingerprint density at radius 1 is 1.35 bits per heavy atom. The van der Waals surface area contributed by atoms with Gasteiger partial charge in [-0.15, -0.1) is 12.4 Å². The summed E-state index contributed by atoms with van der Waals surface area (Å²) in [5, 5.41) is 3.25. The predicted molar refractivity (Wildman–Crippen MR) is 66.3 cm³/mol. The highest BCUT2D eigenvalue weighted by Crippen LogP contribution is 2.16. The molecule has 0 aromatic heterocycles. The second kappa shape index (κ2) is 6.28. The molecule has 0 amide bonds. The number of nitrogens with one attached hydrogen (secondary N) is 1. The van der Waals surface area contributed by atoms with E-state index in [0.717, 1.165) is 19.6 Å². The second-order valence-corrected chi connectivity index (χ2v) is 4.22. The van der Waals surface area contributed by atoms with Crippen LogP contribution in [0.3, 0.4) is 0 Å². The molecule has 1 saturated heterocycles. The first-order chi connectivity index (χ1) is 7.68. The lowest BCUT2D eigenvalue weighted by atomic mass is 10.1. The van der Waals surface area contributed by atoms with Gasteiger partial charge in [0, 0.05) is 37.8 Å². The third kappa shape index (κ3) is 3.37. The van der Waals surface area contributed by atoms with Gasteiger partial charge in [0.1, 0.15) is 11.6 Å². The zero-order valence-electron chi connectivity index (χ0n) is 9.75.